The zero-order chi connectivity index (χ0) is 22.4. The summed E-state index contributed by atoms with van der Waals surface area (Å²) in [5.74, 6) is 0.333. The molecule has 3 rings (SSSR count). The summed E-state index contributed by atoms with van der Waals surface area (Å²) in [6.07, 6.45) is 0.282. The lowest BCUT2D eigenvalue weighted by Gasteiger charge is -2.35. The molecule has 1 saturated heterocycles. The Morgan fingerprint density at radius 1 is 0.903 bits per heavy atom. The number of hydrogen-bond acceptors (Lipinski definition) is 4. The van der Waals surface area contributed by atoms with E-state index in [1.807, 2.05) is 6.92 Å². The van der Waals surface area contributed by atoms with Crippen LogP contribution in [0.2, 0.25) is 10.0 Å². The van der Waals surface area contributed by atoms with Gasteiger partial charge in [-0.05, 0) is 43.3 Å². The zero-order valence-electron chi connectivity index (χ0n) is 17.3. The average Bonchev–Trinajstić information content (AvgIpc) is 2.79. The van der Waals surface area contributed by atoms with Gasteiger partial charge in [0.05, 0.1) is 22.2 Å². The van der Waals surface area contributed by atoms with Gasteiger partial charge in [0.2, 0.25) is 5.91 Å². The first-order valence-electron chi connectivity index (χ1n) is 10.2. The van der Waals surface area contributed by atoms with Crippen molar-refractivity contribution in [1.82, 2.24) is 9.80 Å². The maximum absolute atomic E-state index is 12.7. The molecule has 0 unspecified atom stereocenters. The molecule has 2 aromatic rings. The van der Waals surface area contributed by atoms with Gasteiger partial charge in [-0.3, -0.25) is 14.4 Å². The van der Waals surface area contributed by atoms with Crippen LogP contribution in [0.5, 0.6) is 5.75 Å². The molecule has 31 heavy (non-hydrogen) atoms. The zero-order valence-corrected chi connectivity index (χ0v) is 18.8. The number of hydrogen-bond donors (Lipinski definition) is 0. The molecule has 0 radical (unpaired) electrons. The molecular weight excluding hydrogens is 439 g/mol. The topological polar surface area (TPSA) is 66.9 Å². The molecule has 0 aromatic heterocycles. The normalized spacial score (nSPS) is 13.8. The molecule has 8 heteroatoms. The predicted octanol–water partition coefficient (Wildman–Crippen LogP) is 4.34. The number of ketones is 1. The summed E-state index contributed by atoms with van der Waals surface area (Å²) in [6.45, 7) is 4.10. The average molecular weight is 463 g/mol. The SMILES string of the molecule is CCOc1ccc(C(=O)CCC(=O)N2CCN(C(=O)c3cccc(Cl)c3Cl)CC2)cc1. The summed E-state index contributed by atoms with van der Waals surface area (Å²) in [5.41, 5.74) is 0.917. The second-order valence-electron chi connectivity index (χ2n) is 7.15. The van der Waals surface area contributed by atoms with E-state index in [1.165, 1.54) is 0 Å². The lowest BCUT2D eigenvalue weighted by atomic mass is 10.1. The Morgan fingerprint density at radius 2 is 1.55 bits per heavy atom. The Kier molecular flexibility index (Phi) is 7.93. The molecule has 0 N–H and O–H groups in total. The van der Waals surface area contributed by atoms with Crippen LogP contribution in [0.15, 0.2) is 42.5 Å². The summed E-state index contributed by atoms with van der Waals surface area (Å²) < 4.78 is 5.37. The minimum atomic E-state index is -0.203. The summed E-state index contributed by atoms with van der Waals surface area (Å²) >= 11 is 12.1. The van der Waals surface area contributed by atoms with Gasteiger partial charge in [-0.15, -0.1) is 0 Å². The van der Waals surface area contributed by atoms with Gasteiger partial charge in [-0.2, -0.15) is 0 Å². The van der Waals surface area contributed by atoms with Gasteiger partial charge >= 0.3 is 0 Å². The third kappa shape index (κ3) is 5.77. The van der Waals surface area contributed by atoms with E-state index in [0.29, 0.717) is 54.7 Å². The predicted molar refractivity (Wildman–Crippen MR) is 120 cm³/mol. The van der Waals surface area contributed by atoms with Crippen LogP contribution in [0.4, 0.5) is 0 Å². The second kappa shape index (κ2) is 10.6. The highest BCUT2D eigenvalue weighted by molar-refractivity contribution is 6.43. The summed E-state index contributed by atoms with van der Waals surface area (Å²) in [7, 11) is 0. The Bertz CT molecular complexity index is 955. The highest BCUT2D eigenvalue weighted by Gasteiger charge is 2.26. The van der Waals surface area contributed by atoms with Crippen LogP contribution in [-0.2, 0) is 4.79 Å². The van der Waals surface area contributed by atoms with E-state index in [-0.39, 0.29) is 35.5 Å². The van der Waals surface area contributed by atoms with Gasteiger partial charge < -0.3 is 14.5 Å². The van der Waals surface area contributed by atoms with Gasteiger partial charge in [0.15, 0.2) is 5.78 Å². The molecule has 1 fully saturated rings. The molecule has 0 saturated carbocycles. The smallest absolute Gasteiger partial charge is 0.255 e. The fourth-order valence-corrected chi connectivity index (χ4v) is 3.81. The van der Waals surface area contributed by atoms with Crippen LogP contribution in [0, 0.1) is 0 Å². The van der Waals surface area contributed by atoms with Crippen LogP contribution in [-0.4, -0.2) is 60.2 Å². The van der Waals surface area contributed by atoms with Gasteiger partial charge in [0, 0.05) is 44.6 Å². The van der Waals surface area contributed by atoms with Crippen molar-refractivity contribution in [2.45, 2.75) is 19.8 Å². The van der Waals surface area contributed by atoms with Crippen molar-refractivity contribution in [3.63, 3.8) is 0 Å². The molecule has 0 bridgehead atoms. The van der Waals surface area contributed by atoms with E-state index in [1.54, 1.807) is 52.3 Å². The maximum atomic E-state index is 12.7. The number of amides is 2. The van der Waals surface area contributed by atoms with E-state index >= 15 is 0 Å². The fourth-order valence-electron chi connectivity index (χ4n) is 3.42. The van der Waals surface area contributed by atoms with Crippen LogP contribution in [0.1, 0.15) is 40.5 Å². The van der Waals surface area contributed by atoms with Crippen LogP contribution < -0.4 is 4.74 Å². The fraction of sp³-hybridized carbons (Fsp3) is 0.348. The maximum Gasteiger partial charge on any atom is 0.255 e. The summed E-state index contributed by atoms with van der Waals surface area (Å²) in [5, 5.41) is 0.569. The molecule has 1 aliphatic heterocycles. The summed E-state index contributed by atoms with van der Waals surface area (Å²) in [6, 6.07) is 11.9. The number of nitrogens with zero attached hydrogens (tertiary/aromatic N) is 2. The number of benzene rings is 2. The number of carbonyl (C=O) groups excluding carboxylic acids is 3. The number of piperazine rings is 1. The number of rotatable bonds is 7. The Labute approximate surface area is 191 Å². The number of Topliss-reactive ketones (excluding diaryl/α,β-unsaturated/α-hetero) is 1. The van der Waals surface area contributed by atoms with Crippen molar-refractivity contribution in [1.29, 1.82) is 0 Å². The molecular formula is C23H24Cl2N2O4. The van der Waals surface area contributed by atoms with E-state index in [4.69, 9.17) is 27.9 Å². The van der Waals surface area contributed by atoms with Gasteiger partial charge in [0.1, 0.15) is 5.75 Å². The second-order valence-corrected chi connectivity index (χ2v) is 7.94. The first-order chi connectivity index (χ1) is 14.9. The quantitative estimate of drug-likeness (QED) is 0.573. The third-order valence-electron chi connectivity index (χ3n) is 5.15. The van der Waals surface area contributed by atoms with Crippen molar-refractivity contribution in [2.75, 3.05) is 32.8 Å². The number of halogens is 2. The highest BCUT2D eigenvalue weighted by atomic mass is 35.5. The molecule has 164 valence electrons. The largest absolute Gasteiger partial charge is 0.494 e. The van der Waals surface area contributed by atoms with Crippen molar-refractivity contribution in [2.24, 2.45) is 0 Å². The molecule has 6 nitrogen and oxygen atoms in total. The van der Waals surface area contributed by atoms with Crippen molar-refractivity contribution in [3.05, 3.63) is 63.6 Å². The minimum Gasteiger partial charge on any atom is -0.494 e. The van der Waals surface area contributed by atoms with Crippen molar-refractivity contribution in [3.8, 4) is 5.75 Å². The van der Waals surface area contributed by atoms with Crippen LogP contribution in [0.25, 0.3) is 0 Å². The van der Waals surface area contributed by atoms with Crippen LogP contribution >= 0.6 is 23.2 Å². The Morgan fingerprint density at radius 3 is 2.19 bits per heavy atom. The lowest BCUT2D eigenvalue weighted by Crippen LogP contribution is -2.50. The molecule has 2 amide bonds. The van der Waals surface area contributed by atoms with Crippen LogP contribution in [0.3, 0.4) is 0 Å². The molecule has 0 aliphatic carbocycles. The molecule has 1 heterocycles. The molecule has 0 atom stereocenters. The summed E-state index contributed by atoms with van der Waals surface area (Å²) in [4.78, 5) is 41.0. The molecule has 2 aromatic carbocycles. The van der Waals surface area contributed by atoms with Crippen molar-refractivity contribution >= 4 is 40.8 Å². The van der Waals surface area contributed by atoms with Gasteiger partial charge in [-0.25, -0.2) is 0 Å². The Hall–Kier alpha value is -2.57. The van der Waals surface area contributed by atoms with E-state index in [0.717, 1.165) is 0 Å². The standard InChI is InChI=1S/C23H24Cl2N2O4/c1-2-31-17-8-6-16(7-9-17)20(28)10-11-21(29)26-12-14-27(15-13-26)23(30)18-4-3-5-19(24)22(18)25/h3-9H,2,10-15H2,1H3. The van der Waals surface area contributed by atoms with E-state index < -0.39 is 0 Å². The Balaban J connectivity index is 1.48. The number of ether oxygens (including phenoxy) is 1. The molecule has 0 spiro atoms. The van der Waals surface area contributed by atoms with Gasteiger partial charge in [-0.1, -0.05) is 29.3 Å². The minimum absolute atomic E-state index is 0.0826. The van der Waals surface area contributed by atoms with E-state index in [2.05, 4.69) is 0 Å². The van der Waals surface area contributed by atoms with Crippen molar-refractivity contribution < 1.29 is 19.1 Å². The van der Waals surface area contributed by atoms with E-state index in [9.17, 15) is 14.4 Å². The number of carbonyl (C=O) groups is 3. The lowest BCUT2D eigenvalue weighted by molar-refractivity contribution is -0.132. The first-order valence-corrected chi connectivity index (χ1v) is 10.9. The third-order valence-corrected chi connectivity index (χ3v) is 5.97. The van der Waals surface area contributed by atoms with Gasteiger partial charge in [0.25, 0.3) is 5.91 Å². The first kappa shape index (κ1) is 23.1. The monoisotopic (exact) mass is 462 g/mol. The molecule has 1 aliphatic rings. The highest BCUT2D eigenvalue weighted by Crippen LogP contribution is 2.27.